The van der Waals surface area contributed by atoms with Crippen LogP contribution in [0.5, 0.6) is 0 Å². The van der Waals surface area contributed by atoms with Gasteiger partial charge in [0.05, 0.1) is 5.41 Å². The number of hydrogen-bond donors (Lipinski definition) is 2. The van der Waals surface area contributed by atoms with Crippen molar-refractivity contribution in [2.45, 2.75) is 32.6 Å². The predicted molar refractivity (Wildman–Crippen MR) is 84.4 cm³/mol. The molecule has 1 saturated carbocycles. The number of carbonyl (C=O) groups is 1. The van der Waals surface area contributed by atoms with Crippen molar-refractivity contribution in [2.75, 3.05) is 19.6 Å². The van der Waals surface area contributed by atoms with E-state index in [4.69, 9.17) is 0 Å². The Labute approximate surface area is 132 Å². The summed E-state index contributed by atoms with van der Waals surface area (Å²) in [7, 11) is 1.93. The van der Waals surface area contributed by atoms with Gasteiger partial charge in [-0.05, 0) is 43.8 Å². The van der Waals surface area contributed by atoms with Gasteiger partial charge in [-0.25, -0.2) is 0 Å². The van der Waals surface area contributed by atoms with Crippen molar-refractivity contribution in [2.24, 2.45) is 17.9 Å². The second-order valence-electron chi connectivity index (χ2n) is 6.49. The molecule has 1 aromatic heterocycles. The molecule has 1 amide bonds. The van der Waals surface area contributed by atoms with Crippen LogP contribution >= 0.6 is 12.4 Å². The van der Waals surface area contributed by atoms with E-state index in [2.05, 4.69) is 22.7 Å². The Morgan fingerprint density at radius 2 is 2.19 bits per heavy atom. The minimum absolute atomic E-state index is 0. The van der Waals surface area contributed by atoms with E-state index in [9.17, 15) is 4.79 Å². The molecule has 5 nitrogen and oxygen atoms in total. The van der Waals surface area contributed by atoms with Crippen molar-refractivity contribution in [3.8, 4) is 0 Å². The number of piperidine rings is 1. The maximum Gasteiger partial charge on any atom is 0.226 e. The monoisotopic (exact) mass is 312 g/mol. The van der Waals surface area contributed by atoms with Crippen molar-refractivity contribution < 1.29 is 4.79 Å². The maximum atomic E-state index is 12.5. The summed E-state index contributed by atoms with van der Waals surface area (Å²) in [5.74, 6) is 0.238. The molecule has 2 aliphatic rings. The van der Waals surface area contributed by atoms with Gasteiger partial charge in [0.1, 0.15) is 0 Å². The molecule has 6 heteroatoms. The second kappa shape index (κ2) is 5.97. The van der Waals surface area contributed by atoms with Crippen molar-refractivity contribution >= 4 is 18.3 Å². The fourth-order valence-electron chi connectivity index (χ4n) is 3.73. The van der Waals surface area contributed by atoms with Gasteiger partial charge in [-0.3, -0.25) is 9.48 Å². The van der Waals surface area contributed by atoms with Gasteiger partial charge in [0.25, 0.3) is 0 Å². The molecule has 1 aliphatic carbocycles. The average Bonchev–Trinajstić information content (AvgIpc) is 2.80. The molecular formula is C15H25ClN4O. The molecule has 0 bridgehead atoms. The highest BCUT2D eigenvalue weighted by molar-refractivity contribution is 5.86. The first-order valence-corrected chi connectivity index (χ1v) is 7.53. The standard InChI is InChI=1S/C15H24N4O.ClH/c1-14(11-15(14)5-9-16-10-6-15)13(20)17-7-3-12-4-8-18-19(12)2;/h4,8,16H,3,5-7,9-11H2,1-2H3,(H,17,20);1H. The molecule has 1 aliphatic heterocycles. The van der Waals surface area contributed by atoms with Crippen LogP contribution < -0.4 is 10.6 Å². The number of nitrogens with zero attached hydrogens (tertiary/aromatic N) is 2. The average molecular weight is 313 g/mol. The zero-order valence-electron chi connectivity index (χ0n) is 12.8. The third kappa shape index (κ3) is 2.81. The van der Waals surface area contributed by atoms with Crippen LogP contribution in [-0.2, 0) is 18.3 Å². The number of carbonyl (C=O) groups excluding carboxylic acids is 1. The fourth-order valence-corrected chi connectivity index (χ4v) is 3.73. The first-order chi connectivity index (χ1) is 9.57. The van der Waals surface area contributed by atoms with Gasteiger partial charge in [-0.15, -0.1) is 12.4 Å². The molecule has 1 spiro atoms. The summed E-state index contributed by atoms with van der Waals surface area (Å²) < 4.78 is 1.86. The van der Waals surface area contributed by atoms with Gasteiger partial charge in [-0.1, -0.05) is 6.92 Å². The van der Waals surface area contributed by atoms with Crippen LogP contribution in [0.25, 0.3) is 0 Å². The summed E-state index contributed by atoms with van der Waals surface area (Å²) in [6.07, 6.45) is 5.97. The summed E-state index contributed by atoms with van der Waals surface area (Å²) in [5, 5.41) is 10.6. The van der Waals surface area contributed by atoms with Gasteiger partial charge in [0, 0.05) is 31.9 Å². The van der Waals surface area contributed by atoms with Gasteiger partial charge in [0.2, 0.25) is 5.91 Å². The van der Waals surface area contributed by atoms with E-state index in [1.165, 1.54) is 0 Å². The van der Waals surface area contributed by atoms with Crippen LogP contribution in [0.4, 0.5) is 0 Å². The molecule has 1 aromatic rings. The zero-order chi connectivity index (χ0) is 14.2. The van der Waals surface area contributed by atoms with Crippen LogP contribution in [0, 0.1) is 10.8 Å². The topological polar surface area (TPSA) is 59.0 Å². The molecule has 1 saturated heterocycles. The van der Waals surface area contributed by atoms with Crippen molar-refractivity contribution in [1.29, 1.82) is 0 Å². The van der Waals surface area contributed by atoms with Crippen molar-refractivity contribution in [3.63, 3.8) is 0 Å². The molecule has 2 fully saturated rings. The molecular weight excluding hydrogens is 288 g/mol. The van der Waals surface area contributed by atoms with Crippen LogP contribution in [0.2, 0.25) is 0 Å². The van der Waals surface area contributed by atoms with Crippen molar-refractivity contribution in [3.05, 3.63) is 18.0 Å². The Morgan fingerprint density at radius 3 is 2.81 bits per heavy atom. The summed E-state index contributed by atoms with van der Waals surface area (Å²) in [4.78, 5) is 12.5. The number of halogens is 1. The molecule has 2 N–H and O–H groups in total. The van der Waals surface area contributed by atoms with E-state index in [1.807, 2.05) is 17.8 Å². The SMILES string of the molecule is Cl.Cn1nccc1CCNC(=O)C1(C)CC12CCNCC2. The lowest BCUT2D eigenvalue weighted by atomic mass is 9.85. The number of nitrogens with one attached hydrogen (secondary N) is 2. The smallest absolute Gasteiger partial charge is 0.226 e. The Kier molecular flexibility index (Phi) is 4.63. The first-order valence-electron chi connectivity index (χ1n) is 7.53. The molecule has 0 aromatic carbocycles. The van der Waals surface area contributed by atoms with Gasteiger partial charge < -0.3 is 10.6 Å². The quantitative estimate of drug-likeness (QED) is 0.880. The maximum absolute atomic E-state index is 12.5. The lowest BCUT2D eigenvalue weighted by Crippen LogP contribution is -2.39. The van der Waals surface area contributed by atoms with Crippen LogP contribution in [0.3, 0.4) is 0 Å². The lowest BCUT2D eigenvalue weighted by molar-refractivity contribution is -0.127. The number of amides is 1. The summed E-state index contributed by atoms with van der Waals surface area (Å²) in [6, 6.07) is 2.00. The lowest BCUT2D eigenvalue weighted by Gasteiger charge is -2.27. The molecule has 1 unspecified atom stereocenters. The van der Waals surface area contributed by atoms with Crippen LogP contribution in [0.15, 0.2) is 12.3 Å². The second-order valence-corrected chi connectivity index (χ2v) is 6.49. The first kappa shape index (κ1) is 16.3. The predicted octanol–water partition coefficient (Wildman–Crippen LogP) is 1.28. The zero-order valence-corrected chi connectivity index (χ0v) is 13.6. The molecule has 3 rings (SSSR count). The Hall–Kier alpha value is -1.07. The third-order valence-electron chi connectivity index (χ3n) is 5.39. The third-order valence-corrected chi connectivity index (χ3v) is 5.39. The minimum Gasteiger partial charge on any atom is -0.355 e. The van der Waals surface area contributed by atoms with E-state index in [0.717, 1.165) is 44.5 Å². The minimum atomic E-state index is -0.137. The molecule has 118 valence electrons. The van der Waals surface area contributed by atoms with E-state index in [0.29, 0.717) is 6.54 Å². The number of rotatable bonds is 4. The van der Waals surface area contributed by atoms with E-state index < -0.39 is 0 Å². The van der Waals surface area contributed by atoms with E-state index in [1.54, 1.807) is 6.20 Å². The van der Waals surface area contributed by atoms with E-state index in [-0.39, 0.29) is 29.1 Å². The Morgan fingerprint density at radius 1 is 1.48 bits per heavy atom. The molecule has 1 atom stereocenters. The number of hydrogen-bond acceptors (Lipinski definition) is 3. The molecule has 2 heterocycles. The van der Waals surface area contributed by atoms with Crippen molar-refractivity contribution in [1.82, 2.24) is 20.4 Å². The Balaban J connectivity index is 0.00000161. The largest absolute Gasteiger partial charge is 0.355 e. The van der Waals surface area contributed by atoms with E-state index >= 15 is 0 Å². The highest BCUT2D eigenvalue weighted by Crippen LogP contribution is 2.68. The highest BCUT2D eigenvalue weighted by Gasteiger charge is 2.67. The molecule has 21 heavy (non-hydrogen) atoms. The fraction of sp³-hybridized carbons (Fsp3) is 0.733. The molecule has 0 radical (unpaired) electrons. The van der Waals surface area contributed by atoms with Gasteiger partial charge >= 0.3 is 0 Å². The Bertz CT molecular complexity index is 510. The summed E-state index contributed by atoms with van der Waals surface area (Å²) >= 11 is 0. The van der Waals surface area contributed by atoms with Gasteiger partial charge in [-0.2, -0.15) is 5.10 Å². The summed E-state index contributed by atoms with van der Waals surface area (Å²) in [6.45, 7) is 4.94. The normalized spacial score (nSPS) is 26.2. The number of aryl methyl sites for hydroxylation is 1. The highest BCUT2D eigenvalue weighted by atomic mass is 35.5. The van der Waals surface area contributed by atoms with Crippen LogP contribution in [-0.4, -0.2) is 35.3 Å². The summed E-state index contributed by atoms with van der Waals surface area (Å²) in [5.41, 5.74) is 1.29. The number of aromatic nitrogens is 2. The van der Waals surface area contributed by atoms with Crippen LogP contribution in [0.1, 0.15) is 31.9 Å². The van der Waals surface area contributed by atoms with Gasteiger partial charge in [0.15, 0.2) is 0 Å².